The van der Waals surface area contributed by atoms with Gasteiger partial charge in [-0.3, -0.25) is 4.90 Å². The van der Waals surface area contributed by atoms with Crippen LogP contribution in [0, 0.1) is 12.8 Å². The van der Waals surface area contributed by atoms with Crippen molar-refractivity contribution >= 4 is 0 Å². The fraction of sp³-hybridized carbons (Fsp3) is 0.769. The summed E-state index contributed by atoms with van der Waals surface area (Å²) < 4.78 is 5.10. The smallest absolute Gasteiger partial charge is 0.133 e. The van der Waals surface area contributed by atoms with Crippen LogP contribution < -0.4 is 5.73 Å². The van der Waals surface area contributed by atoms with E-state index in [0.29, 0.717) is 12.0 Å². The van der Waals surface area contributed by atoms with Crippen molar-refractivity contribution in [1.82, 2.24) is 10.1 Å². The number of hydrogen-bond donors (Lipinski definition) is 1. The van der Waals surface area contributed by atoms with Crippen LogP contribution in [0.4, 0.5) is 0 Å². The van der Waals surface area contributed by atoms with Gasteiger partial charge in [-0.25, -0.2) is 0 Å². The van der Waals surface area contributed by atoms with Crippen LogP contribution in [0.3, 0.4) is 0 Å². The quantitative estimate of drug-likeness (QED) is 0.869. The zero-order chi connectivity index (χ0) is 12.3. The molecule has 2 unspecified atom stereocenters. The Bertz CT molecular complexity index is 350. The predicted octanol–water partition coefficient (Wildman–Crippen LogP) is 1.93. The van der Waals surface area contributed by atoms with Gasteiger partial charge in [0, 0.05) is 18.7 Å². The topological polar surface area (TPSA) is 55.3 Å². The van der Waals surface area contributed by atoms with Gasteiger partial charge >= 0.3 is 0 Å². The van der Waals surface area contributed by atoms with Crippen LogP contribution in [-0.4, -0.2) is 29.7 Å². The number of aromatic nitrogens is 1. The van der Waals surface area contributed by atoms with Crippen LogP contribution in [0.15, 0.2) is 10.6 Å². The summed E-state index contributed by atoms with van der Waals surface area (Å²) in [6.07, 6.45) is 5.18. The van der Waals surface area contributed by atoms with Crippen molar-refractivity contribution in [2.75, 3.05) is 13.6 Å². The average molecular weight is 237 g/mol. The van der Waals surface area contributed by atoms with E-state index in [2.05, 4.69) is 17.1 Å². The van der Waals surface area contributed by atoms with Crippen LogP contribution in [0.1, 0.15) is 37.1 Å². The molecule has 1 aliphatic carbocycles. The van der Waals surface area contributed by atoms with E-state index in [9.17, 15) is 0 Å². The second kappa shape index (κ2) is 5.65. The van der Waals surface area contributed by atoms with Gasteiger partial charge in [0.15, 0.2) is 0 Å². The highest BCUT2D eigenvalue weighted by Crippen LogP contribution is 2.27. The molecule has 17 heavy (non-hydrogen) atoms. The van der Waals surface area contributed by atoms with E-state index in [4.69, 9.17) is 10.3 Å². The zero-order valence-corrected chi connectivity index (χ0v) is 10.9. The van der Waals surface area contributed by atoms with Gasteiger partial charge in [-0.05, 0) is 39.3 Å². The lowest BCUT2D eigenvalue weighted by Crippen LogP contribution is -2.42. The second-order valence-corrected chi connectivity index (χ2v) is 5.19. The van der Waals surface area contributed by atoms with Crippen molar-refractivity contribution in [3.05, 3.63) is 17.5 Å². The first-order chi connectivity index (χ1) is 8.20. The van der Waals surface area contributed by atoms with Gasteiger partial charge in [0.05, 0.1) is 5.69 Å². The second-order valence-electron chi connectivity index (χ2n) is 5.19. The minimum absolute atomic E-state index is 0.603. The first kappa shape index (κ1) is 12.6. The molecule has 1 aliphatic rings. The van der Waals surface area contributed by atoms with Gasteiger partial charge in [-0.1, -0.05) is 18.0 Å². The van der Waals surface area contributed by atoms with Crippen molar-refractivity contribution in [3.63, 3.8) is 0 Å². The Balaban J connectivity index is 1.95. The van der Waals surface area contributed by atoms with Crippen LogP contribution in [0.25, 0.3) is 0 Å². The summed E-state index contributed by atoms with van der Waals surface area (Å²) in [4.78, 5) is 2.38. The third-order valence-electron chi connectivity index (χ3n) is 3.83. The normalized spacial score (nSPS) is 25.4. The molecular formula is C13H23N3O. The predicted molar refractivity (Wildman–Crippen MR) is 67.5 cm³/mol. The minimum Gasteiger partial charge on any atom is -0.361 e. The highest BCUT2D eigenvalue weighted by atomic mass is 16.5. The average Bonchev–Trinajstić information content (AvgIpc) is 2.74. The number of rotatable bonds is 4. The van der Waals surface area contributed by atoms with E-state index in [0.717, 1.165) is 24.5 Å². The maximum Gasteiger partial charge on any atom is 0.133 e. The molecule has 1 aromatic heterocycles. The van der Waals surface area contributed by atoms with Crippen molar-refractivity contribution in [3.8, 4) is 0 Å². The van der Waals surface area contributed by atoms with Gasteiger partial charge in [0.1, 0.15) is 5.76 Å². The monoisotopic (exact) mass is 237 g/mol. The Morgan fingerprint density at radius 3 is 2.88 bits per heavy atom. The Hall–Kier alpha value is -0.870. The fourth-order valence-electron chi connectivity index (χ4n) is 2.91. The summed E-state index contributed by atoms with van der Waals surface area (Å²) in [5.74, 6) is 1.52. The van der Waals surface area contributed by atoms with Crippen molar-refractivity contribution in [2.24, 2.45) is 11.7 Å². The highest BCUT2D eigenvalue weighted by molar-refractivity contribution is 5.03. The first-order valence-electron chi connectivity index (χ1n) is 6.53. The summed E-state index contributed by atoms with van der Waals surface area (Å²) >= 11 is 0. The molecule has 1 aromatic rings. The Kier molecular flexibility index (Phi) is 4.18. The lowest BCUT2D eigenvalue weighted by Gasteiger charge is -2.37. The molecule has 2 N–H and O–H groups in total. The summed E-state index contributed by atoms with van der Waals surface area (Å²) in [6.45, 7) is 3.59. The third kappa shape index (κ3) is 3.07. The molecule has 4 heteroatoms. The SMILES string of the molecule is Cc1cc(CN(C)C2CCCCC2CN)no1. The Labute approximate surface area is 103 Å². The lowest BCUT2D eigenvalue weighted by atomic mass is 9.83. The Morgan fingerprint density at radius 1 is 1.47 bits per heavy atom. The molecule has 0 saturated heterocycles. The number of aryl methyl sites for hydroxylation is 1. The molecule has 1 fully saturated rings. The number of hydrogen-bond acceptors (Lipinski definition) is 4. The standard InChI is InChI=1S/C13H23N3O/c1-10-7-12(15-17-10)9-16(2)13-6-4-3-5-11(13)8-14/h7,11,13H,3-6,8-9,14H2,1-2H3. The van der Waals surface area contributed by atoms with Gasteiger partial charge in [-0.15, -0.1) is 0 Å². The summed E-state index contributed by atoms with van der Waals surface area (Å²) in [6, 6.07) is 2.61. The first-order valence-corrected chi connectivity index (χ1v) is 6.53. The van der Waals surface area contributed by atoms with E-state index < -0.39 is 0 Å². The maximum atomic E-state index is 5.87. The third-order valence-corrected chi connectivity index (χ3v) is 3.83. The van der Waals surface area contributed by atoms with Crippen molar-refractivity contribution < 1.29 is 4.52 Å². The molecule has 0 amide bonds. The highest BCUT2D eigenvalue weighted by Gasteiger charge is 2.27. The lowest BCUT2D eigenvalue weighted by molar-refractivity contribution is 0.125. The van der Waals surface area contributed by atoms with E-state index in [1.165, 1.54) is 25.7 Å². The Morgan fingerprint density at radius 2 is 2.24 bits per heavy atom. The van der Waals surface area contributed by atoms with Crippen molar-refractivity contribution in [1.29, 1.82) is 0 Å². The van der Waals surface area contributed by atoms with Crippen LogP contribution in [0.2, 0.25) is 0 Å². The maximum absolute atomic E-state index is 5.87. The molecule has 4 nitrogen and oxygen atoms in total. The summed E-state index contributed by atoms with van der Waals surface area (Å²) in [5, 5.41) is 4.05. The van der Waals surface area contributed by atoms with Gasteiger partial charge in [0.2, 0.25) is 0 Å². The summed E-state index contributed by atoms with van der Waals surface area (Å²) in [5.41, 5.74) is 6.89. The van der Waals surface area contributed by atoms with Crippen molar-refractivity contribution in [2.45, 2.75) is 45.2 Å². The van der Waals surface area contributed by atoms with Gasteiger partial charge in [-0.2, -0.15) is 0 Å². The molecular weight excluding hydrogens is 214 g/mol. The van der Waals surface area contributed by atoms with Gasteiger partial charge < -0.3 is 10.3 Å². The summed E-state index contributed by atoms with van der Waals surface area (Å²) in [7, 11) is 2.17. The molecule has 2 rings (SSSR count). The van der Waals surface area contributed by atoms with Crippen LogP contribution in [0.5, 0.6) is 0 Å². The molecule has 0 aliphatic heterocycles. The molecule has 1 saturated carbocycles. The van der Waals surface area contributed by atoms with Gasteiger partial charge in [0.25, 0.3) is 0 Å². The molecule has 96 valence electrons. The molecule has 0 spiro atoms. The minimum atomic E-state index is 0.603. The molecule has 0 radical (unpaired) electrons. The molecule has 2 atom stereocenters. The van der Waals surface area contributed by atoms with E-state index in [1.54, 1.807) is 0 Å². The van der Waals surface area contributed by atoms with Crippen LogP contribution >= 0.6 is 0 Å². The van der Waals surface area contributed by atoms with Crippen LogP contribution in [-0.2, 0) is 6.54 Å². The van der Waals surface area contributed by atoms with E-state index >= 15 is 0 Å². The van der Waals surface area contributed by atoms with E-state index in [1.807, 2.05) is 13.0 Å². The molecule has 0 bridgehead atoms. The number of nitrogens with zero attached hydrogens (tertiary/aromatic N) is 2. The zero-order valence-electron chi connectivity index (χ0n) is 10.9. The molecule has 1 heterocycles. The van der Waals surface area contributed by atoms with E-state index in [-0.39, 0.29) is 0 Å². The largest absolute Gasteiger partial charge is 0.361 e. The molecule has 0 aromatic carbocycles. The number of nitrogens with two attached hydrogens (primary N) is 1. The fourth-order valence-corrected chi connectivity index (χ4v) is 2.91.